The van der Waals surface area contributed by atoms with Crippen LogP contribution >= 0.6 is 0 Å². The molecular formula is C14H16F3NO3. The minimum atomic E-state index is -4.68. The monoisotopic (exact) mass is 303 g/mol. The third-order valence-corrected chi connectivity index (χ3v) is 3.48. The molecule has 0 bridgehead atoms. The fourth-order valence-electron chi connectivity index (χ4n) is 2.39. The molecule has 4 nitrogen and oxygen atoms in total. The van der Waals surface area contributed by atoms with Crippen LogP contribution < -0.4 is 4.90 Å². The molecule has 21 heavy (non-hydrogen) atoms. The van der Waals surface area contributed by atoms with Crippen LogP contribution in [-0.2, 0) is 10.9 Å². The Balaban J connectivity index is 2.24. The van der Waals surface area contributed by atoms with E-state index in [1.807, 2.05) is 0 Å². The van der Waals surface area contributed by atoms with E-state index in [1.54, 1.807) is 11.9 Å². The molecule has 1 saturated heterocycles. The first-order valence-electron chi connectivity index (χ1n) is 6.56. The fraction of sp³-hybridized carbons (Fsp3) is 0.500. The second-order valence-corrected chi connectivity index (χ2v) is 5.05. The van der Waals surface area contributed by atoms with Gasteiger partial charge in [0.2, 0.25) is 0 Å². The molecule has 1 N–H and O–H groups in total. The summed E-state index contributed by atoms with van der Waals surface area (Å²) in [6.07, 6.45) is -2.78. The first kappa shape index (κ1) is 15.6. The van der Waals surface area contributed by atoms with Gasteiger partial charge in [0.1, 0.15) is 0 Å². The van der Waals surface area contributed by atoms with Gasteiger partial charge in [-0.25, -0.2) is 4.79 Å². The summed E-state index contributed by atoms with van der Waals surface area (Å²) in [7, 11) is 1.70. The normalized spacial score (nSPS) is 18.8. The number of nitrogens with zero attached hydrogens (tertiary/aromatic N) is 1. The van der Waals surface area contributed by atoms with Crippen molar-refractivity contribution in [3.8, 4) is 0 Å². The van der Waals surface area contributed by atoms with Crippen LogP contribution in [0.25, 0.3) is 0 Å². The summed E-state index contributed by atoms with van der Waals surface area (Å²) in [6, 6.07) is 3.15. The predicted octanol–water partition coefficient (Wildman–Crippen LogP) is 3.02. The number of carboxylic acid groups (broad SMARTS) is 1. The van der Waals surface area contributed by atoms with E-state index >= 15 is 0 Å². The largest absolute Gasteiger partial charge is 0.478 e. The van der Waals surface area contributed by atoms with Crippen molar-refractivity contribution >= 4 is 11.7 Å². The van der Waals surface area contributed by atoms with Crippen molar-refractivity contribution in [2.75, 3.05) is 25.1 Å². The summed E-state index contributed by atoms with van der Waals surface area (Å²) in [5.41, 5.74) is -1.45. The first-order valence-corrected chi connectivity index (χ1v) is 6.56. The summed E-state index contributed by atoms with van der Waals surface area (Å²) >= 11 is 0. The zero-order chi connectivity index (χ0) is 15.6. The Morgan fingerprint density at radius 3 is 2.71 bits per heavy atom. The minimum Gasteiger partial charge on any atom is -0.478 e. The lowest BCUT2D eigenvalue weighted by Crippen LogP contribution is -2.28. The Hall–Kier alpha value is -1.76. The number of benzene rings is 1. The van der Waals surface area contributed by atoms with E-state index in [0.717, 1.165) is 25.0 Å². The summed E-state index contributed by atoms with van der Waals surface area (Å²) in [6.45, 7) is 1.20. The van der Waals surface area contributed by atoms with Gasteiger partial charge in [-0.05, 0) is 31.0 Å². The highest BCUT2D eigenvalue weighted by Crippen LogP contribution is 2.34. The Morgan fingerprint density at radius 2 is 2.19 bits per heavy atom. The molecule has 1 atom stereocenters. The van der Waals surface area contributed by atoms with Crippen LogP contribution in [0.4, 0.5) is 18.9 Å². The van der Waals surface area contributed by atoms with Crippen molar-refractivity contribution in [1.82, 2.24) is 0 Å². The molecule has 116 valence electrons. The number of anilines is 1. The number of rotatable bonds is 4. The van der Waals surface area contributed by atoms with Gasteiger partial charge in [0.25, 0.3) is 0 Å². The highest BCUT2D eigenvalue weighted by molar-refractivity contribution is 5.91. The molecule has 1 aromatic carbocycles. The molecule has 0 spiro atoms. The molecule has 7 heteroatoms. The number of ether oxygens (including phenoxy) is 1. The van der Waals surface area contributed by atoms with Gasteiger partial charge < -0.3 is 14.7 Å². The van der Waals surface area contributed by atoms with Gasteiger partial charge in [-0.1, -0.05) is 0 Å². The molecule has 1 aliphatic heterocycles. The van der Waals surface area contributed by atoms with Gasteiger partial charge >= 0.3 is 12.1 Å². The number of carbonyl (C=O) groups is 1. The van der Waals surface area contributed by atoms with Crippen LogP contribution in [0.3, 0.4) is 0 Å². The Kier molecular flexibility index (Phi) is 4.41. The standard InChI is InChI=1S/C14H16F3NO3/c1-18(8-10-3-2-6-21-10)9-4-5-12(14(15,16)17)11(7-9)13(19)20/h4-5,7,10H,2-3,6,8H2,1H3,(H,19,20). The quantitative estimate of drug-likeness (QED) is 0.929. The number of hydrogen-bond donors (Lipinski definition) is 1. The molecular weight excluding hydrogens is 287 g/mol. The number of likely N-dealkylation sites (N-methyl/N-ethyl adjacent to an activating group) is 1. The van der Waals surface area contributed by atoms with E-state index in [-0.39, 0.29) is 6.10 Å². The summed E-state index contributed by atoms with van der Waals surface area (Å²) < 4.78 is 43.8. The number of alkyl halides is 3. The van der Waals surface area contributed by atoms with Gasteiger partial charge in [0, 0.05) is 25.9 Å². The molecule has 0 aromatic heterocycles. The third kappa shape index (κ3) is 3.66. The van der Waals surface area contributed by atoms with Crippen LogP contribution in [0.15, 0.2) is 18.2 Å². The van der Waals surface area contributed by atoms with Crippen molar-refractivity contribution in [3.63, 3.8) is 0 Å². The average molecular weight is 303 g/mol. The van der Waals surface area contributed by atoms with Crippen LogP contribution in [0, 0.1) is 0 Å². The SMILES string of the molecule is CN(CC1CCCO1)c1ccc(C(F)(F)F)c(C(=O)O)c1. The fourth-order valence-corrected chi connectivity index (χ4v) is 2.39. The second kappa shape index (κ2) is 5.93. The van der Waals surface area contributed by atoms with Gasteiger partial charge in [-0.3, -0.25) is 0 Å². The molecule has 0 saturated carbocycles. The molecule has 1 aliphatic rings. The molecule has 0 radical (unpaired) electrons. The third-order valence-electron chi connectivity index (χ3n) is 3.48. The lowest BCUT2D eigenvalue weighted by molar-refractivity contribution is -0.138. The van der Waals surface area contributed by atoms with E-state index in [9.17, 15) is 18.0 Å². The Morgan fingerprint density at radius 1 is 1.48 bits per heavy atom. The van der Waals surface area contributed by atoms with Crippen LogP contribution in [0.1, 0.15) is 28.8 Å². The van der Waals surface area contributed by atoms with Crippen molar-refractivity contribution in [1.29, 1.82) is 0 Å². The van der Waals surface area contributed by atoms with Gasteiger partial charge in [0.05, 0.1) is 17.2 Å². The number of carboxylic acids is 1. The maximum Gasteiger partial charge on any atom is 0.417 e. The van der Waals surface area contributed by atoms with Crippen molar-refractivity contribution in [2.24, 2.45) is 0 Å². The second-order valence-electron chi connectivity index (χ2n) is 5.05. The summed E-state index contributed by atoms with van der Waals surface area (Å²) in [5, 5.41) is 8.98. The lowest BCUT2D eigenvalue weighted by atomic mass is 10.1. The van der Waals surface area contributed by atoms with E-state index in [0.29, 0.717) is 18.8 Å². The first-order chi connectivity index (χ1) is 9.79. The van der Waals surface area contributed by atoms with Crippen molar-refractivity contribution < 1.29 is 27.8 Å². The molecule has 0 amide bonds. The molecule has 1 aromatic rings. The summed E-state index contributed by atoms with van der Waals surface area (Å²) in [5.74, 6) is -1.59. The highest BCUT2D eigenvalue weighted by atomic mass is 19.4. The lowest BCUT2D eigenvalue weighted by Gasteiger charge is -2.24. The Labute approximate surface area is 120 Å². The molecule has 1 unspecified atom stereocenters. The van der Waals surface area contributed by atoms with Crippen molar-refractivity contribution in [2.45, 2.75) is 25.1 Å². The maximum atomic E-state index is 12.8. The zero-order valence-electron chi connectivity index (χ0n) is 11.5. The van der Waals surface area contributed by atoms with Gasteiger partial charge in [0.15, 0.2) is 0 Å². The number of halogens is 3. The van der Waals surface area contributed by atoms with Crippen LogP contribution in [-0.4, -0.2) is 37.4 Å². The minimum absolute atomic E-state index is 0.0329. The van der Waals surface area contributed by atoms with Crippen LogP contribution in [0.2, 0.25) is 0 Å². The van der Waals surface area contributed by atoms with E-state index < -0.39 is 23.3 Å². The zero-order valence-corrected chi connectivity index (χ0v) is 11.5. The Bertz CT molecular complexity index is 525. The van der Waals surface area contributed by atoms with Crippen LogP contribution in [0.5, 0.6) is 0 Å². The predicted molar refractivity (Wildman–Crippen MR) is 70.6 cm³/mol. The number of hydrogen-bond acceptors (Lipinski definition) is 3. The topological polar surface area (TPSA) is 49.8 Å². The molecule has 1 heterocycles. The number of aromatic carboxylic acids is 1. The van der Waals surface area contributed by atoms with E-state index in [1.165, 1.54) is 6.07 Å². The van der Waals surface area contributed by atoms with Gasteiger partial charge in [-0.15, -0.1) is 0 Å². The maximum absolute atomic E-state index is 12.8. The van der Waals surface area contributed by atoms with Crippen molar-refractivity contribution in [3.05, 3.63) is 29.3 Å². The highest BCUT2D eigenvalue weighted by Gasteiger charge is 2.35. The molecule has 2 rings (SSSR count). The van der Waals surface area contributed by atoms with E-state index in [4.69, 9.17) is 9.84 Å². The van der Waals surface area contributed by atoms with E-state index in [2.05, 4.69) is 0 Å². The summed E-state index contributed by atoms with van der Waals surface area (Å²) in [4.78, 5) is 12.8. The average Bonchev–Trinajstić information content (AvgIpc) is 2.89. The van der Waals surface area contributed by atoms with Gasteiger partial charge in [-0.2, -0.15) is 13.2 Å². The smallest absolute Gasteiger partial charge is 0.417 e. The molecule has 1 fully saturated rings. The molecule has 0 aliphatic carbocycles.